The number of amides is 1. The van der Waals surface area contributed by atoms with E-state index in [-0.39, 0.29) is 18.9 Å². The van der Waals surface area contributed by atoms with Crippen molar-refractivity contribution in [2.24, 2.45) is 0 Å². The number of rotatable bonds is 58. The molecule has 2 fully saturated rings. The van der Waals surface area contributed by atoms with E-state index < -0.39 is 86.8 Å². The van der Waals surface area contributed by atoms with Gasteiger partial charge in [0.2, 0.25) is 5.91 Å². The molecule has 14 heteroatoms. The van der Waals surface area contributed by atoms with Gasteiger partial charge < -0.3 is 65.1 Å². The van der Waals surface area contributed by atoms with Crippen LogP contribution in [0.15, 0.2) is 60.8 Å². The van der Waals surface area contributed by atoms with Crippen molar-refractivity contribution < 1.29 is 64.6 Å². The Morgan fingerprint density at radius 2 is 0.779 bits per heavy atom. The molecular weight excluding hydrogens is 1090 g/mol. The van der Waals surface area contributed by atoms with E-state index in [1.54, 1.807) is 6.08 Å². The van der Waals surface area contributed by atoms with Gasteiger partial charge in [0.15, 0.2) is 12.6 Å². The topological polar surface area (TPSA) is 228 Å². The van der Waals surface area contributed by atoms with Gasteiger partial charge >= 0.3 is 0 Å². The standard InChI is InChI=1S/C72H131NO13/c1-3-5-7-9-11-13-15-17-19-21-23-25-26-27-28-29-30-31-32-33-34-36-37-39-41-43-45-47-49-51-53-55-61(76)60(59-83-71-69(82)67(80)70(63(58-75)85-71)86-72-68(81)66(79)65(78)62(57-74)84-72)73-64(77)56-54-52-50-48-46-44-42-40-38-35-24-22-20-18-16-14-12-10-8-6-4-2/h16,18,22,24,37,39,45,47,53,55,60-63,65-72,74-76,78-82H,3-15,17,19-21,23,25-36,38,40-44,46,48-52,54,56-59H2,1-2H3,(H,73,77)/b18-16-,24-22-,39-37+,47-45+,55-53+. The summed E-state index contributed by atoms with van der Waals surface area (Å²) in [6.45, 7) is 2.79. The van der Waals surface area contributed by atoms with Crippen molar-refractivity contribution in [3.8, 4) is 0 Å². The average Bonchev–Trinajstić information content (AvgIpc) is 2.54. The predicted octanol–water partition coefficient (Wildman–Crippen LogP) is 14.5. The highest BCUT2D eigenvalue weighted by molar-refractivity contribution is 5.76. The van der Waals surface area contributed by atoms with Gasteiger partial charge in [-0.05, 0) is 77.0 Å². The van der Waals surface area contributed by atoms with Crippen LogP contribution in [0.3, 0.4) is 0 Å². The maximum Gasteiger partial charge on any atom is 0.220 e. The van der Waals surface area contributed by atoms with E-state index in [4.69, 9.17) is 18.9 Å². The van der Waals surface area contributed by atoms with Gasteiger partial charge in [-0.15, -0.1) is 0 Å². The van der Waals surface area contributed by atoms with E-state index >= 15 is 0 Å². The van der Waals surface area contributed by atoms with E-state index in [1.807, 2.05) is 6.08 Å². The van der Waals surface area contributed by atoms with Gasteiger partial charge in [0.25, 0.3) is 0 Å². The third-order valence-electron chi connectivity index (χ3n) is 17.2. The van der Waals surface area contributed by atoms with Gasteiger partial charge in [-0.3, -0.25) is 4.79 Å². The maximum absolute atomic E-state index is 13.3. The van der Waals surface area contributed by atoms with E-state index in [1.165, 1.54) is 205 Å². The highest BCUT2D eigenvalue weighted by atomic mass is 16.7. The van der Waals surface area contributed by atoms with Crippen LogP contribution in [0.2, 0.25) is 0 Å². The summed E-state index contributed by atoms with van der Waals surface area (Å²) in [6.07, 6.45) is 58.6. The van der Waals surface area contributed by atoms with Gasteiger partial charge in [-0.2, -0.15) is 0 Å². The van der Waals surface area contributed by atoms with Crippen LogP contribution in [0.1, 0.15) is 296 Å². The number of allylic oxidation sites excluding steroid dienone is 9. The third kappa shape index (κ3) is 40.4. The molecule has 14 nitrogen and oxygen atoms in total. The summed E-state index contributed by atoms with van der Waals surface area (Å²) >= 11 is 0. The molecule has 2 aliphatic rings. The second-order valence-electron chi connectivity index (χ2n) is 25.0. The van der Waals surface area contributed by atoms with Crippen LogP contribution < -0.4 is 5.32 Å². The molecule has 86 heavy (non-hydrogen) atoms. The van der Waals surface area contributed by atoms with Crippen LogP contribution in [0.5, 0.6) is 0 Å². The van der Waals surface area contributed by atoms with Crippen LogP contribution in [0, 0.1) is 0 Å². The highest BCUT2D eigenvalue weighted by Gasteiger charge is 2.51. The molecule has 2 aliphatic heterocycles. The lowest BCUT2D eigenvalue weighted by atomic mass is 9.97. The van der Waals surface area contributed by atoms with Crippen molar-refractivity contribution in [2.75, 3.05) is 19.8 Å². The molecule has 0 saturated carbocycles. The van der Waals surface area contributed by atoms with Crippen LogP contribution in [-0.2, 0) is 23.7 Å². The van der Waals surface area contributed by atoms with E-state index in [0.717, 1.165) is 57.8 Å². The smallest absolute Gasteiger partial charge is 0.220 e. The van der Waals surface area contributed by atoms with Crippen molar-refractivity contribution in [2.45, 2.75) is 370 Å². The van der Waals surface area contributed by atoms with E-state index in [9.17, 15) is 45.6 Å². The zero-order valence-corrected chi connectivity index (χ0v) is 54.6. The summed E-state index contributed by atoms with van der Waals surface area (Å²) in [5, 5.41) is 87.4. The van der Waals surface area contributed by atoms with Crippen molar-refractivity contribution in [1.82, 2.24) is 5.32 Å². The van der Waals surface area contributed by atoms with Crippen molar-refractivity contribution in [3.05, 3.63) is 60.8 Å². The number of carbonyl (C=O) groups is 1. The van der Waals surface area contributed by atoms with Gasteiger partial charge in [0, 0.05) is 6.42 Å². The first-order valence-electron chi connectivity index (χ1n) is 35.5. The minimum atomic E-state index is -1.80. The molecule has 12 atom stereocenters. The van der Waals surface area contributed by atoms with Crippen molar-refractivity contribution in [3.63, 3.8) is 0 Å². The largest absolute Gasteiger partial charge is 0.394 e. The molecule has 0 radical (unpaired) electrons. The average molecular weight is 1220 g/mol. The Bertz CT molecular complexity index is 1670. The first kappa shape index (κ1) is 79.8. The summed E-state index contributed by atoms with van der Waals surface area (Å²) in [4.78, 5) is 13.3. The maximum atomic E-state index is 13.3. The van der Waals surface area contributed by atoms with Crippen LogP contribution >= 0.6 is 0 Å². The number of aliphatic hydroxyl groups is 8. The van der Waals surface area contributed by atoms with Crippen LogP contribution in [0.4, 0.5) is 0 Å². The van der Waals surface area contributed by atoms with E-state index in [2.05, 4.69) is 67.8 Å². The summed E-state index contributed by atoms with van der Waals surface area (Å²) in [5.74, 6) is -0.256. The quantitative estimate of drug-likeness (QED) is 0.0204. The molecule has 0 aromatic carbocycles. The first-order valence-corrected chi connectivity index (χ1v) is 35.5. The monoisotopic (exact) mass is 1220 g/mol. The van der Waals surface area contributed by atoms with Gasteiger partial charge in [-0.25, -0.2) is 0 Å². The zero-order valence-electron chi connectivity index (χ0n) is 54.6. The lowest BCUT2D eigenvalue weighted by Crippen LogP contribution is -2.65. The Balaban J connectivity index is 1.70. The Hall–Kier alpha value is -2.31. The SMILES string of the molecule is CCCCCCC/C=C\C/C=C\CCCCCCCCCCCC(=O)NC(COC1OC(CO)C(OC2OC(CO)C(O)C(O)C2O)C(O)C1O)C(O)/C=C/CC/C=C/CC/C=C/CCCCCCCCCCCCCCCCCCCCCCC. The van der Waals surface area contributed by atoms with Crippen molar-refractivity contribution >= 4 is 5.91 Å². The highest BCUT2D eigenvalue weighted by Crippen LogP contribution is 2.30. The molecule has 2 rings (SSSR count). The molecular formula is C72H131NO13. The Kier molecular flexibility index (Phi) is 52.6. The first-order chi connectivity index (χ1) is 42.1. The molecule has 0 aromatic rings. The summed E-state index contributed by atoms with van der Waals surface area (Å²) in [7, 11) is 0. The molecule has 502 valence electrons. The molecule has 0 aliphatic carbocycles. The molecule has 0 spiro atoms. The fourth-order valence-electron chi connectivity index (χ4n) is 11.5. The second-order valence-corrected chi connectivity index (χ2v) is 25.0. The Morgan fingerprint density at radius 3 is 1.21 bits per heavy atom. The summed E-state index contributed by atoms with van der Waals surface area (Å²) in [5.41, 5.74) is 0. The second kappa shape index (κ2) is 56.7. The molecule has 2 saturated heterocycles. The number of unbranched alkanes of at least 4 members (excludes halogenated alkanes) is 37. The number of hydrogen-bond donors (Lipinski definition) is 9. The fourth-order valence-corrected chi connectivity index (χ4v) is 11.5. The lowest BCUT2D eigenvalue weighted by molar-refractivity contribution is -0.359. The van der Waals surface area contributed by atoms with Gasteiger partial charge in [0.1, 0.15) is 48.8 Å². The summed E-state index contributed by atoms with van der Waals surface area (Å²) in [6, 6.07) is -0.944. The fraction of sp³-hybridized carbons (Fsp3) is 0.847. The Labute approximate surface area is 524 Å². The van der Waals surface area contributed by atoms with Crippen molar-refractivity contribution in [1.29, 1.82) is 0 Å². The number of carbonyl (C=O) groups excluding carboxylic acids is 1. The zero-order chi connectivity index (χ0) is 62.3. The molecule has 0 aromatic heterocycles. The van der Waals surface area contributed by atoms with Crippen LogP contribution in [0.25, 0.3) is 0 Å². The van der Waals surface area contributed by atoms with Gasteiger partial charge in [0.05, 0.1) is 32.0 Å². The number of hydrogen-bond acceptors (Lipinski definition) is 13. The number of ether oxygens (including phenoxy) is 4. The van der Waals surface area contributed by atoms with Crippen LogP contribution in [-0.4, -0.2) is 140 Å². The predicted molar refractivity (Wildman–Crippen MR) is 350 cm³/mol. The Morgan fingerprint density at radius 1 is 0.419 bits per heavy atom. The molecule has 1 amide bonds. The van der Waals surface area contributed by atoms with E-state index in [0.29, 0.717) is 12.8 Å². The molecule has 9 N–H and O–H groups in total. The van der Waals surface area contributed by atoms with Gasteiger partial charge in [-0.1, -0.05) is 274 Å². The summed E-state index contributed by atoms with van der Waals surface area (Å²) < 4.78 is 22.8. The normalized spacial score (nSPS) is 23.7. The molecule has 12 unspecified atom stereocenters. The number of aliphatic hydroxyl groups excluding tert-OH is 8. The lowest BCUT2D eigenvalue weighted by Gasteiger charge is -2.46. The minimum absolute atomic E-state index is 0.256. The number of nitrogens with one attached hydrogen (secondary N) is 1. The minimum Gasteiger partial charge on any atom is -0.394 e. The third-order valence-corrected chi connectivity index (χ3v) is 17.2. The molecule has 0 bridgehead atoms. The molecule has 2 heterocycles.